The fourth-order valence-electron chi connectivity index (χ4n) is 11.1. The minimum absolute atomic E-state index is 0.584. The van der Waals surface area contributed by atoms with Crippen molar-refractivity contribution in [1.29, 1.82) is 0 Å². The Morgan fingerprint density at radius 1 is 0.246 bits per heavy atom. The predicted molar refractivity (Wildman–Crippen MR) is 273 cm³/mol. The monoisotopic (exact) mass is 826 g/mol. The van der Waals surface area contributed by atoms with Crippen LogP contribution in [-0.2, 0) is 5.41 Å². The molecule has 0 radical (unpaired) electrons. The zero-order chi connectivity index (χ0) is 42.9. The molecule has 0 saturated heterocycles. The second-order valence-electron chi connectivity index (χ2n) is 17.2. The van der Waals surface area contributed by atoms with E-state index in [9.17, 15) is 0 Å². The molecule has 13 rings (SSSR count). The molecule has 304 valence electrons. The van der Waals surface area contributed by atoms with E-state index in [1.165, 1.54) is 77.2 Å². The van der Waals surface area contributed by atoms with Gasteiger partial charge >= 0.3 is 0 Å². The van der Waals surface area contributed by atoms with Gasteiger partial charge in [0.05, 0.1) is 11.1 Å². The summed E-state index contributed by atoms with van der Waals surface area (Å²) in [5, 5.41) is 4.85. The van der Waals surface area contributed by atoms with Crippen molar-refractivity contribution in [3.63, 3.8) is 0 Å². The highest BCUT2D eigenvalue weighted by Gasteiger charge is 2.52. The summed E-state index contributed by atoms with van der Waals surface area (Å²) in [4.78, 5) is 4.92. The van der Waals surface area contributed by atoms with Gasteiger partial charge in [0, 0.05) is 39.4 Å². The van der Waals surface area contributed by atoms with Crippen LogP contribution in [0.4, 0.5) is 34.1 Å². The molecule has 1 atom stereocenters. The van der Waals surface area contributed by atoms with E-state index in [2.05, 4.69) is 265 Å². The first kappa shape index (κ1) is 37.1. The SMILES string of the molecule is c1ccc(-c2ccc3ccccc3c2N(c2ccccc2)c2ccc3c(c2)C2(c4ccccc4-c4ccc(N(c5ccccc5)c5ccc6ccccc6c5)cc42)c2ccccc2-3)cc1. The van der Waals surface area contributed by atoms with Crippen molar-refractivity contribution in [3.05, 3.63) is 277 Å². The fraction of sp³-hybridized carbons (Fsp3) is 0.0159. The van der Waals surface area contributed by atoms with Crippen molar-refractivity contribution in [3.8, 4) is 33.4 Å². The van der Waals surface area contributed by atoms with Gasteiger partial charge in [0.2, 0.25) is 0 Å². The van der Waals surface area contributed by atoms with Gasteiger partial charge in [-0.15, -0.1) is 0 Å². The van der Waals surface area contributed by atoms with Crippen LogP contribution < -0.4 is 9.80 Å². The average Bonchev–Trinajstić information content (AvgIpc) is 3.84. The van der Waals surface area contributed by atoms with Gasteiger partial charge in [0.25, 0.3) is 0 Å². The minimum atomic E-state index is -0.584. The van der Waals surface area contributed by atoms with Crippen LogP contribution in [0.25, 0.3) is 54.9 Å². The summed E-state index contributed by atoms with van der Waals surface area (Å²) >= 11 is 0. The maximum absolute atomic E-state index is 2.51. The highest BCUT2D eigenvalue weighted by atomic mass is 15.2. The normalized spacial score (nSPS) is 14.2. The Bertz CT molecular complexity index is 3600. The third-order valence-corrected chi connectivity index (χ3v) is 13.8. The highest BCUT2D eigenvalue weighted by molar-refractivity contribution is 6.07. The Morgan fingerprint density at radius 2 is 0.677 bits per heavy atom. The Balaban J connectivity index is 1.09. The Morgan fingerprint density at radius 3 is 1.32 bits per heavy atom. The third kappa shape index (κ3) is 5.67. The number of nitrogens with zero attached hydrogens (tertiary/aromatic N) is 2. The molecule has 65 heavy (non-hydrogen) atoms. The number of para-hydroxylation sites is 2. The molecule has 0 heterocycles. The standard InChI is InChI=1S/C63H42N2/c1-4-19-44(20-5-1)53-37-33-45-21-12-13-27-52(45)62(53)65(48-25-8-3-9-26-48)51-36-39-57-55-29-15-17-31-59(55)63(61(57)42-51)58-30-16-14-28-54(58)56-38-35-50(41-60(56)63)64(47-23-6-2-7-24-47)49-34-32-43-18-10-11-22-46(43)40-49/h1-42H. The molecule has 2 aliphatic rings. The summed E-state index contributed by atoms with van der Waals surface area (Å²) in [5.41, 5.74) is 18.8. The summed E-state index contributed by atoms with van der Waals surface area (Å²) in [6.45, 7) is 0. The smallest absolute Gasteiger partial charge is 0.0727 e. The third-order valence-electron chi connectivity index (χ3n) is 13.8. The minimum Gasteiger partial charge on any atom is -0.310 e. The summed E-state index contributed by atoms with van der Waals surface area (Å²) in [6.07, 6.45) is 0. The van der Waals surface area contributed by atoms with E-state index >= 15 is 0 Å². The van der Waals surface area contributed by atoms with Crippen molar-refractivity contribution in [2.24, 2.45) is 0 Å². The molecule has 1 spiro atoms. The highest BCUT2D eigenvalue weighted by Crippen LogP contribution is 2.64. The van der Waals surface area contributed by atoms with Gasteiger partial charge < -0.3 is 9.80 Å². The topological polar surface area (TPSA) is 6.48 Å². The lowest BCUT2D eigenvalue weighted by Crippen LogP contribution is -2.26. The van der Waals surface area contributed by atoms with E-state index in [1.54, 1.807) is 0 Å². The van der Waals surface area contributed by atoms with Crippen LogP contribution in [0.1, 0.15) is 22.3 Å². The molecule has 2 nitrogen and oxygen atoms in total. The number of benzene rings is 11. The van der Waals surface area contributed by atoms with E-state index in [4.69, 9.17) is 0 Å². The van der Waals surface area contributed by atoms with Crippen molar-refractivity contribution < 1.29 is 0 Å². The Kier molecular flexibility index (Phi) is 8.47. The summed E-state index contributed by atoms with van der Waals surface area (Å²) in [5.74, 6) is 0. The molecule has 0 aliphatic heterocycles. The predicted octanol–water partition coefficient (Wildman–Crippen LogP) is 16.9. The molecular weight excluding hydrogens is 785 g/mol. The largest absolute Gasteiger partial charge is 0.310 e. The van der Waals surface area contributed by atoms with Crippen LogP contribution in [0.15, 0.2) is 255 Å². The molecule has 0 saturated carbocycles. The van der Waals surface area contributed by atoms with Crippen molar-refractivity contribution in [1.82, 2.24) is 0 Å². The first-order valence-electron chi connectivity index (χ1n) is 22.5. The van der Waals surface area contributed by atoms with Gasteiger partial charge in [-0.2, -0.15) is 0 Å². The second-order valence-corrected chi connectivity index (χ2v) is 17.2. The zero-order valence-electron chi connectivity index (χ0n) is 35.6. The summed E-state index contributed by atoms with van der Waals surface area (Å²) in [7, 11) is 0. The lowest BCUT2D eigenvalue weighted by Gasteiger charge is -2.34. The van der Waals surface area contributed by atoms with Gasteiger partial charge in [0.1, 0.15) is 0 Å². The summed E-state index contributed by atoms with van der Waals surface area (Å²) < 4.78 is 0. The van der Waals surface area contributed by atoms with Gasteiger partial charge in [-0.3, -0.25) is 0 Å². The van der Waals surface area contributed by atoms with Gasteiger partial charge in [-0.25, -0.2) is 0 Å². The molecule has 0 bridgehead atoms. The van der Waals surface area contributed by atoms with Crippen LogP contribution in [0.3, 0.4) is 0 Å². The fourth-order valence-corrected chi connectivity index (χ4v) is 11.1. The molecular formula is C63H42N2. The van der Waals surface area contributed by atoms with Crippen LogP contribution in [-0.4, -0.2) is 0 Å². The van der Waals surface area contributed by atoms with E-state index in [-0.39, 0.29) is 0 Å². The molecule has 11 aromatic rings. The molecule has 1 unspecified atom stereocenters. The van der Waals surface area contributed by atoms with Gasteiger partial charge in [-0.1, -0.05) is 194 Å². The van der Waals surface area contributed by atoms with Crippen molar-refractivity contribution in [2.75, 3.05) is 9.80 Å². The van der Waals surface area contributed by atoms with Crippen molar-refractivity contribution >= 4 is 55.7 Å². The molecule has 0 fully saturated rings. The van der Waals surface area contributed by atoms with Crippen LogP contribution in [0.5, 0.6) is 0 Å². The molecule has 0 aromatic heterocycles. The van der Waals surface area contributed by atoms with E-state index in [1.807, 2.05) is 0 Å². The maximum atomic E-state index is 2.51. The molecule has 0 amide bonds. The summed E-state index contributed by atoms with van der Waals surface area (Å²) in [6, 6.07) is 94.0. The quantitative estimate of drug-likeness (QED) is 0.158. The lowest BCUT2D eigenvalue weighted by molar-refractivity contribution is 0.793. The van der Waals surface area contributed by atoms with E-state index in [0.717, 1.165) is 34.1 Å². The Hall–Kier alpha value is -8.46. The van der Waals surface area contributed by atoms with Crippen LogP contribution in [0, 0.1) is 0 Å². The maximum Gasteiger partial charge on any atom is 0.0727 e. The average molecular weight is 827 g/mol. The second kappa shape index (κ2) is 14.8. The van der Waals surface area contributed by atoms with Gasteiger partial charge in [-0.05, 0) is 127 Å². The van der Waals surface area contributed by atoms with Gasteiger partial charge in [0.15, 0.2) is 0 Å². The number of anilines is 6. The number of fused-ring (bicyclic) bond motifs is 12. The zero-order valence-corrected chi connectivity index (χ0v) is 35.6. The first-order chi connectivity index (χ1) is 32.3. The van der Waals surface area contributed by atoms with E-state index < -0.39 is 5.41 Å². The molecule has 0 N–H and O–H groups in total. The van der Waals surface area contributed by atoms with E-state index in [0.29, 0.717) is 0 Å². The number of hydrogen-bond acceptors (Lipinski definition) is 2. The van der Waals surface area contributed by atoms with Crippen LogP contribution >= 0.6 is 0 Å². The number of rotatable bonds is 7. The lowest BCUT2D eigenvalue weighted by atomic mass is 9.70. The first-order valence-corrected chi connectivity index (χ1v) is 22.5. The van der Waals surface area contributed by atoms with Crippen molar-refractivity contribution in [2.45, 2.75) is 5.41 Å². The molecule has 2 heteroatoms. The molecule has 11 aromatic carbocycles. The molecule has 2 aliphatic carbocycles. The Labute approximate surface area is 379 Å². The number of hydrogen-bond donors (Lipinski definition) is 0. The van der Waals surface area contributed by atoms with Crippen LogP contribution in [0.2, 0.25) is 0 Å².